The first-order valence-electron chi connectivity index (χ1n) is 6.44. The summed E-state index contributed by atoms with van der Waals surface area (Å²) in [6.07, 6.45) is -2.69. The summed E-state index contributed by atoms with van der Waals surface area (Å²) in [4.78, 5) is 22.2. The van der Waals surface area contributed by atoms with Crippen LogP contribution in [0, 0.1) is 0 Å². The lowest BCUT2D eigenvalue weighted by Crippen LogP contribution is -2.12. The minimum Gasteiger partial charge on any atom is -0.384 e. The first-order chi connectivity index (χ1) is 10.9. The second kappa shape index (κ2) is 5.81. The van der Waals surface area contributed by atoms with E-state index in [4.69, 9.17) is 17.3 Å². The lowest BCUT2D eigenvalue weighted by molar-refractivity contribution is 0.102. The molecule has 2 heterocycles. The van der Waals surface area contributed by atoms with Gasteiger partial charge in [0.2, 0.25) is 0 Å². The molecule has 23 heavy (non-hydrogen) atoms. The zero-order chi connectivity index (χ0) is 16.6. The lowest BCUT2D eigenvalue weighted by atomic mass is 10.2. The van der Waals surface area contributed by atoms with Crippen molar-refractivity contribution in [2.75, 3.05) is 11.1 Å². The number of nitrogen functional groups attached to an aromatic ring is 1. The smallest absolute Gasteiger partial charge is 0.295 e. The number of rotatable bonds is 3. The van der Waals surface area contributed by atoms with E-state index in [1.165, 1.54) is 24.3 Å². The number of aromatic nitrogens is 3. The van der Waals surface area contributed by atoms with Crippen LogP contribution >= 0.6 is 11.6 Å². The lowest BCUT2D eigenvalue weighted by Gasteiger charge is -2.06. The first kappa shape index (κ1) is 15.2. The fourth-order valence-electron chi connectivity index (χ4n) is 2.06. The first-order valence-corrected chi connectivity index (χ1v) is 6.82. The highest BCUT2D eigenvalue weighted by atomic mass is 35.5. The van der Waals surface area contributed by atoms with Crippen LogP contribution in [0.2, 0.25) is 5.15 Å². The van der Waals surface area contributed by atoms with Gasteiger partial charge in [0.1, 0.15) is 11.0 Å². The van der Waals surface area contributed by atoms with Crippen LogP contribution < -0.4 is 11.1 Å². The van der Waals surface area contributed by atoms with Crippen molar-refractivity contribution in [3.8, 4) is 0 Å². The van der Waals surface area contributed by atoms with Crippen molar-refractivity contribution in [2.45, 2.75) is 6.43 Å². The van der Waals surface area contributed by atoms with Crippen molar-refractivity contribution >= 4 is 40.0 Å². The molecule has 3 rings (SSSR count). The Bertz CT molecular complexity index is 876. The van der Waals surface area contributed by atoms with Gasteiger partial charge in [0, 0.05) is 11.3 Å². The second-order valence-corrected chi connectivity index (χ2v) is 5.10. The van der Waals surface area contributed by atoms with Gasteiger partial charge in [-0.15, -0.1) is 0 Å². The van der Waals surface area contributed by atoms with Gasteiger partial charge >= 0.3 is 0 Å². The molecule has 1 aromatic carbocycles. The Morgan fingerprint density at radius 1 is 1.26 bits per heavy atom. The van der Waals surface area contributed by atoms with E-state index in [1.54, 1.807) is 6.07 Å². The predicted molar refractivity (Wildman–Crippen MR) is 82.7 cm³/mol. The minimum atomic E-state index is -2.69. The van der Waals surface area contributed by atoms with Gasteiger partial charge in [-0.3, -0.25) is 4.79 Å². The summed E-state index contributed by atoms with van der Waals surface area (Å²) in [5, 5.41) is 2.73. The molecule has 0 saturated heterocycles. The molecule has 118 valence electrons. The van der Waals surface area contributed by atoms with Crippen molar-refractivity contribution in [1.29, 1.82) is 0 Å². The highest BCUT2D eigenvalue weighted by molar-refractivity contribution is 6.30. The SMILES string of the molecule is Nc1cc(C(=O)Nc2ccc3nc(C(F)F)[nH]c3c2)cc(Cl)n1. The number of benzene rings is 1. The number of nitrogens with two attached hydrogens (primary N) is 1. The maximum atomic E-state index is 12.6. The summed E-state index contributed by atoms with van der Waals surface area (Å²) in [7, 11) is 0. The Hall–Kier alpha value is -2.74. The maximum Gasteiger partial charge on any atom is 0.295 e. The van der Waals surface area contributed by atoms with Crippen LogP contribution in [0.3, 0.4) is 0 Å². The molecule has 0 aliphatic carbocycles. The van der Waals surface area contributed by atoms with Crippen LogP contribution in [0.1, 0.15) is 22.6 Å². The molecule has 0 fully saturated rings. The largest absolute Gasteiger partial charge is 0.384 e. The van der Waals surface area contributed by atoms with Crippen LogP contribution in [0.25, 0.3) is 11.0 Å². The number of alkyl halides is 2. The van der Waals surface area contributed by atoms with Crippen LogP contribution in [0.4, 0.5) is 20.3 Å². The molecule has 9 heteroatoms. The second-order valence-electron chi connectivity index (χ2n) is 4.71. The zero-order valence-corrected chi connectivity index (χ0v) is 12.2. The van der Waals surface area contributed by atoms with Crippen LogP contribution in [0.15, 0.2) is 30.3 Å². The molecule has 1 amide bonds. The fourth-order valence-corrected chi connectivity index (χ4v) is 2.28. The van der Waals surface area contributed by atoms with E-state index < -0.39 is 18.2 Å². The number of halogens is 3. The molecule has 0 radical (unpaired) electrons. The van der Waals surface area contributed by atoms with Crippen molar-refractivity contribution in [2.24, 2.45) is 0 Å². The molecule has 0 aliphatic heterocycles. The molecular weight excluding hydrogens is 328 g/mol. The van der Waals surface area contributed by atoms with Gasteiger partial charge in [-0.2, -0.15) is 0 Å². The number of carbonyl (C=O) groups is 1. The van der Waals surface area contributed by atoms with Gasteiger partial charge in [-0.05, 0) is 30.3 Å². The number of nitrogens with zero attached hydrogens (tertiary/aromatic N) is 2. The molecule has 0 unspecified atom stereocenters. The van der Waals surface area contributed by atoms with Crippen LogP contribution in [0.5, 0.6) is 0 Å². The van der Waals surface area contributed by atoms with E-state index in [2.05, 4.69) is 20.3 Å². The monoisotopic (exact) mass is 337 g/mol. The third-order valence-corrected chi connectivity index (χ3v) is 3.23. The molecule has 0 atom stereocenters. The standard InChI is InChI=1S/C14H10ClF2N5O/c15-10-3-6(4-11(18)22-10)14(23)19-7-1-2-8-9(5-7)21-13(20-8)12(16)17/h1-5,12H,(H2,18,22)(H,19,23)(H,20,21). The van der Waals surface area contributed by atoms with Crippen molar-refractivity contribution in [1.82, 2.24) is 15.0 Å². The molecule has 4 N–H and O–H groups in total. The number of imidazole rings is 1. The van der Waals surface area contributed by atoms with Gasteiger partial charge in [-0.25, -0.2) is 18.7 Å². The fraction of sp³-hybridized carbons (Fsp3) is 0.0714. The topological polar surface area (TPSA) is 96.7 Å². The Morgan fingerprint density at radius 3 is 2.74 bits per heavy atom. The number of hydrogen-bond acceptors (Lipinski definition) is 4. The Morgan fingerprint density at radius 2 is 2.04 bits per heavy atom. The summed E-state index contributed by atoms with van der Waals surface area (Å²) in [5.74, 6) is -0.751. The zero-order valence-electron chi connectivity index (χ0n) is 11.5. The molecule has 0 bridgehead atoms. The van der Waals surface area contributed by atoms with Gasteiger partial charge < -0.3 is 16.0 Å². The van der Waals surface area contributed by atoms with E-state index >= 15 is 0 Å². The van der Waals surface area contributed by atoms with Gasteiger partial charge in [0.25, 0.3) is 12.3 Å². The summed E-state index contributed by atoms with van der Waals surface area (Å²) < 4.78 is 25.2. The molecule has 6 nitrogen and oxygen atoms in total. The Balaban J connectivity index is 1.87. The number of fused-ring (bicyclic) bond motifs is 1. The number of anilines is 2. The predicted octanol–water partition coefficient (Wildman–Crippen LogP) is 3.38. The van der Waals surface area contributed by atoms with E-state index in [9.17, 15) is 13.6 Å². The number of H-pyrrole nitrogens is 1. The highest BCUT2D eigenvalue weighted by Crippen LogP contribution is 2.23. The number of amides is 1. The minimum absolute atomic E-state index is 0.0979. The van der Waals surface area contributed by atoms with Crippen LogP contribution in [-0.2, 0) is 0 Å². The summed E-state index contributed by atoms with van der Waals surface area (Å²) in [6, 6.07) is 7.35. The number of nitrogens with one attached hydrogen (secondary N) is 2. The third-order valence-electron chi connectivity index (χ3n) is 3.04. The Kier molecular flexibility index (Phi) is 3.83. The van der Waals surface area contributed by atoms with Crippen molar-refractivity contribution in [3.05, 3.63) is 46.9 Å². The number of carbonyl (C=O) groups excluding carboxylic acids is 1. The van der Waals surface area contributed by atoms with Gasteiger partial charge in [0.05, 0.1) is 11.0 Å². The van der Waals surface area contributed by atoms with Crippen LogP contribution in [-0.4, -0.2) is 20.9 Å². The summed E-state index contributed by atoms with van der Waals surface area (Å²) in [6.45, 7) is 0. The van der Waals surface area contributed by atoms with E-state index in [1.807, 2.05) is 0 Å². The average Bonchev–Trinajstić information content (AvgIpc) is 2.89. The molecule has 3 aromatic rings. The molecule has 2 aromatic heterocycles. The Labute approximate surface area is 133 Å². The molecule has 0 saturated carbocycles. The van der Waals surface area contributed by atoms with E-state index in [0.29, 0.717) is 16.7 Å². The highest BCUT2D eigenvalue weighted by Gasteiger charge is 2.14. The van der Waals surface area contributed by atoms with Gasteiger partial charge in [-0.1, -0.05) is 11.6 Å². The van der Waals surface area contributed by atoms with E-state index in [0.717, 1.165) is 0 Å². The molecule has 0 spiro atoms. The van der Waals surface area contributed by atoms with Crippen molar-refractivity contribution in [3.63, 3.8) is 0 Å². The third kappa shape index (κ3) is 3.21. The van der Waals surface area contributed by atoms with Gasteiger partial charge in [0.15, 0.2) is 5.82 Å². The maximum absolute atomic E-state index is 12.6. The van der Waals surface area contributed by atoms with Crippen molar-refractivity contribution < 1.29 is 13.6 Å². The number of hydrogen-bond donors (Lipinski definition) is 3. The molecular formula is C14H10ClF2N5O. The number of pyridine rings is 1. The normalized spacial score (nSPS) is 11.1. The summed E-state index contributed by atoms with van der Waals surface area (Å²) in [5.41, 5.74) is 6.97. The molecule has 0 aliphatic rings. The average molecular weight is 338 g/mol. The number of aromatic amines is 1. The summed E-state index contributed by atoms with van der Waals surface area (Å²) >= 11 is 5.75. The quantitative estimate of drug-likeness (QED) is 0.638. The van der Waals surface area contributed by atoms with E-state index in [-0.39, 0.29) is 16.5 Å².